The molecule has 0 amide bonds. The summed E-state index contributed by atoms with van der Waals surface area (Å²) in [6.07, 6.45) is 0. The van der Waals surface area contributed by atoms with Crippen LogP contribution in [0.4, 0.5) is 0 Å². The summed E-state index contributed by atoms with van der Waals surface area (Å²) < 4.78 is 6.26. The van der Waals surface area contributed by atoms with Crippen LogP contribution < -0.4 is 4.74 Å². The van der Waals surface area contributed by atoms with Crippen molar-refractivity contribution < 1.29 is 14.3 Å². The topological polar surface area (TPSA) is 43.4 Å². The number of carbonyl (C=O) groups excluding carboxylic acids is 2. The molecule has 0 unspecified atom stereocenters. The van der Waals surface area contributed by atoms with Crippen LogP contribution in [0.2, 0.25) is 0 Å². The van der Waals surface area contributed by atoms with E-state index in [9.17, 15) is 9.59 Å². The summed E-state index contributed by atoms with van der Waals surface area (Å²) >= 11 is 3.29. The normalized spacial score (nSPS) is 15.0. The van der Waals surface area contributed by atoms with Gasteiger partial charge in [0, 0.05) is 16.7 Å². The maximum absolute atomic E-state index is 13.0. The highest BCUT2D eigenvalue weighted by Gasteiger charge is 2.34. The first-order valence-corrected chi connectivity index (χ1v) is 10.1. The molecule has 0 fully saturated rings. The number of carbonyl (C=O) groups is 2. The van der Waals surface area contributed by atoms with Crippen molar-refractivity contribution in [2.45, 2.75) is 52.4 Å². The number of ketones is 2. The number of rotatable bonds is 2. The zero-order valence-electron chi connectivity index (χ0n) is 17.1. The van der Waals surface area contributed by atoms with Gasteiger partial charge in [-0.25, -0.2) is 0 Å². The first kappa shape index (κ1) is 20.5. The molecule has 0 saturated carbocycles. The highest BCUT2D eigenvalue weighted by molar-refractivity contribution is 9.12. The summed E-state index contributed by atoms with van der Waals surface area (Å²) in [7, 11) is 0. The summed E-state index contributed by atoms with van der Waals surface area (Å²) in [5.41, 5.74) is 2.75. The number of hydrogen-bond donors (Lipinski definition) is 0. The van der Waals surface area contributed by atoms with Gasteiger partial charge in [0.15, 0.2) is 5.76 Å². The van der Waals surface area contributed by atoms with E-state index in [0.717, 1.165) is 5.56 Å². The van der Waals surface area contributed by atoms with Gasteiger partial charge in [0.1, 0.15) is 10.2 Å². The molecule has 0 aliphatic heterocycles. The molecule has 3 nitrogen and oxygen atoms in total. The molecule has 0 heterocycles. The predicted molar refractivity (Wildman–Crippen MR) is 116 cm³/mol. The maximum Gasteiger partial charge on any atom is 0.230 e. The van der Waals surface area contributed by atoms with Gasteiger partial charge >= 0.3 is 0 Å². The lowest BCUT2D eigenvalue weighted by Crippen LogP contribution is -2.24. The smallest absolute Gasteiger partial charge is 0.230 e. The molecule has 0 atom stereocenters. The second kappa shape index (κ2) is 7.00. The minimum absolute atomic E-state index is 0.00601. The van der Waals surface area contributed by atoms with Crippen molar-refractivity contribution in [2.75, 3.05) is 0 Å². The van der Waals surface area contributed by atoms with Gasteiger partial charge < -0.3 is 4.74 Å². The highest BCUT2D eigenvalue weighted by Crippen LogP contribution is 2.38. The molecule has 28 heavy (non-hydrogen) atoms. The third kappa shape index (κ3) is 3.70. The van der Waals surface area contributed by atoms with Gasteiger partial charge in [-0.2, -0.15) is 0 Å². The predicted octanol–water partition coefficient (Wildman–Crippen LogP) is 6.35. The van der Waals surface area contributed by atoms with Gasteiger partial charge in [-0.1, -0.05) is 77.9 Å². The van der Waals surface area contributed by atoms with Crippen molar-refractivity contribution in [1.29, 1.82) is 0 Å². The van der Waals surface area contributed by atoms with Crippen molar-refractivity contribution in [3.05, 3.63) is 75.0 Å². The van der Waals surface area contributed by atoms with E-state index < -0.39 is 0 Å². The molecule has 146 valence electrons. The number of fused-ring (bicyclic) bond motifs is 1. The zero-order valence-corrected chi connectivity index (χ0v) is 18.7. The Hall–Kier alpha value is -2.20. The van der Waals surface area contributed by atoms with Crippen molar-refractivity contribution in [3.8, 4) is 5.75 Å². The molecule has 0 bridgehead atoms. The van der Waals surface area contributed by atoms with Crippen LogP contribution >= 0.6 is 15.9 Å². The Bertz CT molecular complexity index is 1000. The van der Waals surface area contributed by atoms with E-state index >= 15 is 0 Å². The third-order valence-corrected chi connectivity index (χ3v) is 5.61. The minimum Gasteiger partial charge on any atom is -0.452 e. The number of Topliss-reactive ketones (excluding diaryl/α,β-unsaturated/α-hetero) is 2. The fourth-order valence-electron chi connectivity index (χ4n) is 3.20. The Kier molecular flexibility index (Phi) is 5.13. The molecular formula is C24H25BrO3. The monoisotopic (exact) mass is 440 g/mol. The third-order valence-electron chi connectivity index (χ3n) is 4.89. The number of benzene rings is 2. The minimum atomic E-state index is -0.290. The number of halogens is 1. The number of ether oxygens (including phenoxy) is 1. The average molecular weight is 441 g/mol. The van der Waals surface area contributed by atoms with Gasteiger partial charge in [-0.3, -0.25) is 9.59 Å². The van der Waals surface area contributed by atoms with Gasteiger partial charge in [0.2, 0.25) is 11.6 Å². The zero-order chi connectivity index (χ0) is 20.9. The second-order valence-corrected chi connectivity index (χ2v) is 9.95. The molecule has 1 aliphatic carbocycles. The Labute approximate surface area is 174 Å². The lowest BCUT2D eigenvalue weighted by Gasteiger charge is -2.28. The van der Waals surface area contributed by atoms with Crippen LogP contribution in [-0.2, 0) is 10.8 Å². The Morgan fingerprint density at radius 1 is 0.786 bits per heavy atom. The molecule has 0 saturated heterocycles. The summed E-state index contributed by atoms with van der Waals surface area (Å²) in [6, 6.07) is 12.9. The molecule has 0 radical (unpaired) electrons. The molecule has 0 N–H and O–H groups in total. The molecule has 0 aromatic heterocycles. The SMILES string of the molecule is CC(C)(C)c1ccc(OC2=C(Br)C(=O)c3ccccc3C2=O)c(C(C)(C)C)c1. The van der Waals surface area contributed by atoms with Gasteiger partial charge in [-0.05, 0) is 38.4 Å². The lowest BCUT2D eigenvalue weighted by molar-refractivity contribution is 0.0944. The standard InChI is InChI=1S/C24H25BrO3/c1-23(2,3)14-11-12-18(17(13-14)24(4,5)6)28-22-19(25)20(26)15-9-7-8-10-16(15)21(22)27/h7-13H,1-6H3. The van der Waals surface area contributed by atoms with Crippen LogP contribution in [0.15, 0.2) is 52.7 Å². The maximum atomic E-state index is 13.0. The van der Waals surface area contributed by atoms with Crippen molar-refractivity contribution >= 4 is 27.5 Å². The first-order valence-electron chi connectivity index (χ1n) is 9.32. The van der Waals surface area contributed by atoms with E-state index in [0.29, 0.717) is 16.9 Å². The summed E-state index contributed by atoms with van der Waals surface area (Å²) in [6.45, 7) is 12.8. The molecule has 3 rings (SSSR count). The van der Waals surface area contributed by atoms with E-state index in [1.165, 1.54) is 5.56 Å². The molecule has 2 aromatic rings. The van der Waals surface area contributed by atoms with E-state index in [-0.39, 0.29) is 32.6 Å². The highest BCUT2D eigenvalue weighted by atomic mass is 79.9. The Morgan fingerprint density at radius 3 is 1.89 bits per heavy atom. The van der Waals surface area contributed by atoms with Gasteiger partial charge in [-0.15, -0.1) is 0 Å². The molecule has 0 spiro atoms. The Balaban J connectivity index is 2.10. The Morgan fingerprint density at radius 2 is 1.36 bits per heavy atom. The molecule has 1 aliphatic rings. The van der Waals surface area contributed by atoms with Crippen LogP contribution in [0, 0.1) is 0 Å². The summed E-state index contributed by atoms with van der Waals surface area (Å²) in [5, 5.41) is 0. The van der Waals surface area contributed by atoms with E-state index in [4.69, 9.17) is 4.74 Å². The van der Waals surface area contributed by atoms with Crippen molar-refractivity contribution in [1.82, 2.24) is 0 Å². The second-order valence-electron chi connectivity index (χ2n) is 9.16. The van der Waals surface area contributed by atoms with Crippen LogP contribution in [0.3, 0.4) is 0 Å². The van der Waals surface area contributed by atoms with E-state index in [1.807, 2.05) is 12.1 Å². The number of hydrogen-bond acceptors (Lipinski definition) is 3. The van der Waals surface area contributed by atoms with Crippen molar-refractivity contribution in [3.63, 3.8) is 0 Å². The fourth-order valence-corrected chi connectivity index (χ4v) is 3.67. The van der Waals surface area contributed by atoms with Crippen LogP contribution in [0.5, 0.6) is 5.75 Å². The van der Waals surface area contributed by atoms with Crippen LogP contribution in [0.25, 0.3) is 0 Å². The molecule has 2 aromatic carbocycles. The number of allylic oxidation sites excluding steroid dienone is 2. The van der Waals surface area contributed by atoms with Gasteiger partial charge in [0.05, 0.1) is 0 Å². The molecule has 4 heteroatoms. The molecular weight excluding hydrogens is 416 g/mol. The van der Waals surface area contributed by atoms with Crippen molar-refractivity contribution in [2.24, 2.45) is 0 Å². The van der Waals surface area contributed by atoms with E-state index in [1.54, 1.807) is 24.3 Å². The first-order chi connectivity index (χ1) is 12.9. The average Bonchev–Trinajstić information content (AvgIpc) is 2.62. The van der Waals surface area contributed by atoms with Gasteiger partial charge in [0.25, 0.3) is 0 Å². The quantitative estimate of drug-likeness (QED) is 0.546. The largest absolute Gasteiger partial charge is 0.452 e. The summed E-state index contributed by atoms with van der Waals surface area (Å²) in [5.74, 6) is 0.0985. The summed E-state index contributed by atoms with van der Waals surface area (Å²) in [4.78, 5) is 25.7. The fraction of sp³-hybridized carbons (Fsp3) is 0.333. The van der Waals surface area contributed by atoms with E-state index in [2.05, 4.69) is 63.5 Å². The van der Waals surface area contributed by atoms with Crippen LogP contribution in [-0.4, -0.2) is 11.6 Å². The van der Waals surface area contributed by atoms with Crippen LogP contribution in [0.1, 0.15) is 73.4 Å². The lowest BCUT2D eigenvalue weighted by atomic mass is 9.80.